The van der Waals surface area contributed by atoms with Gasteiger partial charge in [0.2, 0.25) is 15.9 Å². The summed E-state index contributed by atoms with van der Waals surface area (Å²) in [6.45, 7) is 0.0628. The molecule has 2 aromatic carbocycles. The molecule has 2 N–H and O–H groups in total. The molecule has 0 radical (unpaired) electrons. The Morgan fingerprint density at radius 1 is 1.16 bits per heavy atom. The van der Waals surface area contributed by atoms with Crippen molar-refractivity contribution in [2.75, 3.05) is 20.2 Å². The van der Waals surface area contributed by atoms with E-state index in [4.69, 9.17) is 16.3 Å². The van der Waals surface area contributed by atoms with Crippen molar-refractivity contribution >= 4 is 27.5 Å². The van der Waals surface area contributed by atoms with Gasteiger partial charge in [-0.1, -0.05) is 23.7 Å². The van der Waals surface area contributed by atoms with E-state index in [1.54, 1.807) is 18.2 Å². The van der Waals surface area contributed by atoms with E-state index in [1.807, 2.05) is 18.2 Å². The first-order valence-corrected chi connectivity index (χ1v) is 9.42. The van der Waals surface area contributed by atoms with Crippen molar-refractivity contribution in [1.82, 2.24) is 10.0 Å². The average molecular weight is 383 g/mol. The van der Waals surface area contributed by atoms with E-state index in [-0.39, 0.29) is 11.4 Å². The molecule has 25 heavy (non-hydrogen) atoms. The predicted octanol–water partition coefficient (Wildman–Crippen LogP) is 1.99. The molecule has 2 rings (SSSR count). The monoisotopic (exact) mass is 382 g/mol. The summed E-state index contributed by atoms with van der Waals surface area (Å²) >= 11 is 5.89. The Morgan fingerprint density at radius 3 is 2.52 bits per heavy atom. The van der Waals surface area contributed by atoms with Crippen LogP contribution in [0, 0.1) is 0 Å². The lowest BCUT2D eigenvalue weighted by atomic mass is 10.1. The minimum absolute atomic E-state index is 0.0695. The maximum atomic E-state index is 12.1. The Hall–Kier alpha value is -2.09. The molecule has 8 heteroatoms. The third kappa shape index (κ3) is 6.04. The Morgan fingerprint density at radius 2 is 1.88 bits per heavy atom. The van der Waals surface area contributed by atoms with E-state index in [0.29, 0.717) is 23.7 Å². The highest BCUT2D eigenvalue weighted by molar-refractivity contribution is 7.89. The van der Waals surface area contributed by atoms with Crippen LogP contribution in [0.1, 0.15) is 5.56 Å². The second-order valence-corrected chi connectivity index (χ2v) is 7.43. The van der Waals surface area contributed by atoms with Crippen molar-refractivity contribution in [3.63, 3.8) is 0 Å². The SMILES string of the molecule is COc1ccc(S(=O)(=O)NCC(=O)NCCc2cccc(Cl)c2)cc1. The fourth-order valence-corrected chi connectivity index (χ4v) is 3.30. The number of rotatable bonds is 8. The van der Waals surface area contributed by atoms with Crippen molar-refractivity contribution in [3.05, 3.63) is 59.1 Å². The first-order chi connectivity index (χ1) is 11.9. The van der Waals surface area contributed by atoms with Gasteiger partial charge in [-0.3, -0.25) is 4.79 Å². The Balaban J connectivity index is 1.80. The van der Waals surface area contributed by atoms with Gasteiger partial charge in [0.1, 0.15) is 5.75 Å². The van der Waals surface area contributed by atoms with Gasteiger partial charge in [-0.25, -0.2) is 13.1 Å². The number of hydrogen-bond donors (Lipinski definition) is 2. The summed E-state index contributed by atoms with van der Waals surface area (Å²) < 4.78 is 31.5. The zero-order valence-electron chi connectivity index (χ0n) is 13.7. The molecule has 0 aliphatic carbocycles. The Kier molecular flexibility index (Phi) is 6.81. The normalized spacial score (nSPS) is 11.1. The first kappa shape index (κ1) is 19.2. The number of methoxy groups -OCH3 is 1. The summed E-state index contributed by atoms with van der Waals surface area (Å²) in [7, 11) is -2.25. The fourth-order valence-electron chi connectivity index (χ4n) is 2.10. The van der Waals surface area contributed by atoms with Crippen molar-refractivity contribution < 1.29 is 17.9 Å². The maximum absolute atomic E-state index is 12.1. The number of amides is 1. The highest BCUT2D eigenvalue weighted by atomic mass is 35.5. The van der Waals surface area contributed by atoms with Crippen molar-refractivity contribution in [2.45, 2.75) is 11.3 Å². The first-order valence-electron chi connectivity index (χ1n) is 7.55. The summed E-state index contributed by atoms with van der Waals surface area (Å²) in [4.78, 5) is 11.9. The van der Waals surface area contributed by atoms with Crippen molar-refractivity contribution in [3.8, 4) is 5.75 Å². The minimum Gasteiger partial charge on any atom is -0.497 e. The molecule has 0 saturated heterocycles. The van der Waals surface area contributed by atoms with Crippen LogP contribution in [0.3, 0.4) is 0 Å². The summed E-state index contributed by atoms with van der Waals surface area (Å²) in [5.74, 6) is 0.150. The zero-order valence-corrected chi connectivity index (χ0v) is 15.2. The van der Waals surface area contributed by atoms with Gasteiger partial charge in [-0.2, -0.15) is 0 Å². The fraction of sp³-hybridized carbons (Fsp3) is 0.235. The van der Waals surface area contributed by atoms with Crippen LogP contribution in [-0.4, -0.2) is 34.5 Å². The molecule has 0 fully saturated rings. The number of ether oxygens (including phenoxy) is 1. The molecule has 1 amide bonds. The summed E-state index contributed by atoms with van der Waals surface area (Å²) in [5, 5.41) is 3.30. The van der Waals surface area contributed by atoms with Gasteiger partial charge < -0.3 is 10.1 Å². The van der Waals surface area contributed by atoms with E-state index in [0.717, 1.165) is 5.56 Å². The van der Waals surface area contributed by atoms with Gasteiger partial charge in [0, 0.05) is 11.6 Å². The maximum Gasteiger partial charge on any atom is 0.241 e. The van der Waals surface area contributed by atoms with Gasteiger partial charge >= 0.3 is 0 Å². The summed E-state index contributed by atoms with van der Waals surface area (Å²) in [6.07, 6.45) is 0.609. The minimum atomic E-state index is -3.75. The van der Waals surface area contributed by atoms with Crippen LogP contribution in [-0.2, 0) is 21.2 Å². The highest BCUT2D eigenvalue weighted by Gasteiger charge is 2.15. The molecule has 0 atom stereocenters. The van der Waals surface area contributed by atoms with E-state index < -0.39 is 15.9 Å². The zero-order chi connectivity index (χ0) is 18.3. The number of hydrogen-bond acceptors (Lipinski definition) is 4. The summed E-state index contributed by atoms with van der Waals surface area (Å²) in [5.41, 5.74) is 0.992. The van der Waals surface area contributed by atoms with Gasteiger partial charge in [-0.05, 0) is 48.4 Å². The van der Waals surface area contributed by atoms with Gasteiger partial charge in [-0.15, -0.1) is 0 Å². The quantitative estimate of drug-likeness (QED) is 0.731. The summed E-state index contributed by atoms with van der Waals surface area (Å²) in [6, 6.07) is 13.3. The second-order valence-electron chi connectivity index (χ2n) is 5.23. The smallest absolute Gasteiger partial charge is 0.241 e. The number of benzene rings is 2. The molecule has 2 aromatic rings. The number of sulfonamides is 1. The third-order valence-corrected chi connectivity index (χ3v) is 5.07. The number of nitrogens with one attached hydrogen (secondary N) is 2. The number of carbonyl (C=O) groups is 1. The second kappa shape index (κ2) is 8.84. The third-order valence-electron chi connectivity index (χ3n) is 3.42. The van der Waals surface area contributed by atoms with Crippen LogP contribution in [0.2, 0.25) is 5.02 Å². The number of carbonyl (C=O) groups excluding carboxylic acids is 1. The lowest BCUT2D eigenvalue weighted by Gasteiger charge is -2.08. The lowest BCUT2D eigenvalue weighted by Crippen LogP contribution is -2.37. The standard InChI is InChI=1S/C17H19ClN2O4S/c1-24-15-5-7-16(8-6-15)25(22,23)20-12-17(21)19-10-9-13-3-2-4-14(18)11-13/h2-8,11,20H,9-10,12H2,1H3,(H,19,21). The molecule has 0 spiro atoms. The molecular weight excluding hydrogens is 364 g/mol. The number of halogens is 1. The van der Waals surface area contributed by atoms with Crippen LogP contribution in [0.15, 0.2) is 53.4 Å². The molecule has 134 valence electrons. The molecule has 0 aliphatic rings. The van der Waals surface area contributed by atoms with Crippen molar-refractivity contribution in [2.24, 2.45) is 0 Å². The van der Waals surface area contributed by atoms with Crippen LogP contribution >= 0.6 is 11.6 Å². The molecule has 0 saturated carbocycles. The Bertz CT molecular complexity index is 823. The molecule has 0 aliphatic heterocycles. The average Bonchev–Trinajstić information content (AvgIpc) is 2.60. The molecule has 0 heterocycles. The van der Waals surface area contributed by atoms with Crippen LogP contribution < -0.4 is 14.8 Å². The van der Waals surface area contributed by atoms with E-state index in [1.165, 1.54) is 19.2 Å². The van der Waals surface area contributed by atoms with Gasteiger partial charge in [0.25, 0.3) is 0 Å². The van der Waals surface area contributed by atoms with Gasteiger partial charge in [0.05, 0.1) is 18.6 Å². The molecular formula is C17H19ClN2O4S. The van der Waals surface area contributed by atoms with E-state index in [9.17, 15) is 13.2 Å². The van der Waals surface area contributed by atoms with Crippen LogP contribution in [0.25, 0.3) is 0 Å². The van der Waals surface area contributed by atoms with Gasteiger partial charge in [0.15, 0.2) is 0 Å². The molecule has 0 bridgehead atoms. The van der Waals surface area contributed by atoms with Crippen LogP contribution in [0.4, 0.5) is 0 Å². The van der Waals surface area contributed by atoms with E-state index >= 15 is 0 Å². The predicted molar refractivity (Wildman–Crippen MR) is 96.3 cm³/mol. The lowest BCUT2D eigenvalue weighted by molar-refractivity contribution is -0.119. The van der Waals surface area contributed by atoms with Crippen LogP contribution in [0.5, 0.6) is 5.75 Å². The molecule has 0 unspecified atom stereocenters. The molecule has 6 nitrogen and oxygen atoms in total. The Labute approximate surface area is 152 Å². The van der Waals surface area contributed by atoms with E-state index in [2.05, 4.69) is 10.0 Å². The van der Waals surface area contributed by atoms with Crippen molar-refractivity contribution in [1.29, 1.82) is 0 Å². The molecule has 0 aromatic heterocycles. The topological polar surface area (TPSA) is 84.5 Å². The largest absolute Gasteiger partial charge is 0.497 e. The highest BCUT2D eigenvalue weighted by Crippen LogP contribution is 2.15.